The molecule has 0 N–H and O–H groups in total. The van der Waals surface area contributed by atoms with Crippen LogP contribution in [-0.2, 0) is 6.54 Å². The summed E-state index contributed by atoms with van der Waals surface area (Å²) in [6.07, 6.45) is 1.95. The van der Waals surface area contributed by atoms with Gasteiger partial charge in [-0.2, -0.15) is 0 Å². The minimum atomic E-state index is -0.330. The van der Waals surface area contributed by atoms with E-state index in [0.29, 0.717) is 24.6 Å². The predicted molar refractivity (Wildman–Crippen MR) is 109 cm³/mol. The van der Waals surface area contributed by atoms with E-state index in [1.54, 1.807) is 12.1 Å². The number of hydrogen-bond donors (Lipinski definition) is 0. The number of ketones is 1. The minimum Gasteiger partial charge on any atom is -0.334 e. The molecule has 2 aliphatic rings. The van der Waals surface area contributed by atoms with E-state index in [9.17, 15) is 14.0 Å². The van der Waals surface area contributed by atoms with Crippen molar-refractivity contribution >= 4 is 27.6 Å². The Morgan fingerprint density at radius 2 is 1.82 bits per heavy atom. The highest BCUT2D eigenvalue weighted by Gasteiger charge is 2.30. The predicted octanol–water partition coefficient (Wildman–Crippen LogP) is 4.14. The van der Waals surface area contributed by atoms with Crippen molar-refractivity contribution < 1.29 is 14.0 Å². The van der Waals surface area contributed by atoms with E-state index in [2.05, 4.69) is 20.8 Å². The molecule has 1 saturated heterocycles. The smallest absolute Gasteiger partial charge is 0.254 e. The van der Waals surface area contributed by atoms with Gasteiger partial charge in [0.15, 0.2) is 5.78 Å². The van der Waals surface area contributed by atoms with Gasteiger partial charge in [-0.15, -0.1) is 0 Å². The SMILES string of the molecule is O=C(CN1CCC(CN2Cc3cc(Br)ccc3C2=O)CC1)c1ccc(F)cc1. The van der Waals surface area contributed by atoms with Crippen LogP contribution < -0.4 is 0 Å². The molecule has 2 heterocycles. The van der Waals surface area contributed by atoms with Crippen molar-refractivity contribution in [3.63, 3.8) is 0 Å². The van der Waals surface area contributed by atoms with Crippen LogP contribution in [0.15, 0.2) is 46.9 Å². The number of likely N-dealkylation sites (tertiary alicyclic amines) is 1. The molecule has 2 aromatic carbocycles. The second kappa shape index (κ2) is 8.13. The van der Waals surface area contributed by atoms with Crippen LogP contribution >= 0.6 is 15.9 Å². The monoisotopic (exact) mass is 444 g/mol. The molecule has 28 heavy (non-hydrogen) atoms. The minimum absolute atomic E-state index is 0.0224. The van der Waals surface area contributed by atoms with Crippen LogP contribution in [0.2, 0.25) is 0 Å². The molecule has 2 aromatic rings. The molecule has 0 saturated carbocycles. The molecule has 0 radical (unpaired) electrons. The molecule has 0 aromatic heterocycles. The van der Waals surface area contributed by atoms with E-state index in [4.69, 9.17) is 0 Å². The number of hydrogen-bond acceptors (Lipinski definition) is 3. The molecule has 4 rings (SSSR count). The standard InChI is InChI=1S/C22H22BrFN2O2/c23-18-3-6-20-17(11-18)13-26(22(20)28)12-15-7-9-25(10-8-15)14-21(27)16-1-4-19(24)5-2-16/h1-6,11,15H,7-10,12-14H2. The van der Waals surface area contributed by atoms with Gasteiger partial charge >= 0.3 is 0 Å². The summed E-state index contributed by atoms with van der Waals surface area (Å²) in [5.74, 6) is 0.271. The summed E-state index contributed by atoms with van der Waals surface area (Å²) >= 11 is 3.47. The number of halogens is 2. The van der Waals surface area contributed by atoms with Gasteiger partial charge in [-0.3, -0.25) is 14.5 Å². The molecule has 0 unspecified atom stereocenters. The Bertz CT molecular complexity index is 892. The van der Waals surface area contributed by atoms with Gasteiger partial charge in [0.25, 0.3) is 5.91 Å². The third kappa shape index (κ3) is 4.18. The number of benzene rings is 2. The van der Waals surface area contributed by atoms with Crippen molar-refractivity contribution in [2.24, 2.45) is 5.92 Å². The summed E-state index contributed by atoms with van der Waals surface area (Å²) in [5, 5.41) is 0. The van der Waals surface area contributed by atoms with Crippen LogP contribution in [0, 0.1) is 11.7 Å². The van der Waals surface area contributed by atoms with Crippen LogP contribution in [0.4, 0.5) is 4.39 Å². The van der Waals surface area contributed by atoms with Crippen molar-refractivity contribution in [1.82, 2.24) is 9.80 Å². The Morgan fingerprint density at radius 1 is 1.11 bits per heavy atom. The Labute approximate surface area is 172 Å². The average Bonchev–Trinajstić information content (AvgIpc) is 2.98. The van der Waals surface area contributed by atoms with Gasteiger partial charge in [0.1, 0.15) is 5.82 Å². The van der Waals surface area contributed by atoms with E-state index >= 15 is 0 Å². The first-order chi connectivity index (χ1) is 13.5. The van der Waals surface area contributed by atoms with Crippen molar-refractivity contribution in [1.29, 1.82) is 0 Å². The molecule has 6 heteroatoms. The number of Topliss-reactive ketones (excluding diaryl/α,β-unsaturated/α-hetero) is 1. The van der Waals surface area contributed by atoms with Gasteiger partial charge in [0.05, 0.1) is 6.54 Å². The van der Waals surface area contributed by atoms with E-state index < -0.39 is 0 Å². The molecule has 0 atom stereocenters. The number of carbonyl (C=O) groups is 2. The fourth-order valence-corrected chi connectivity index (χ4v) is 4.47. The Hall–Kier alpha value is -2.05. The lowest BCUT2D eigenvalue weighted by Gasteiger charge is -2.33. The van der Waals surface area contributed by atoms with Crippen LogP contribution in [0.1, 0.15) is 39.1 Å². The summed E-state index contributed by atoms with van der Waals surface area (Å²) in [5.41, 5.74) is 2.45. The van der Waals surface area contributed by atoms with Crippen LogP contribution in [-0.4, -0.2) is 47.7 Å². The van der Waals surface area contributed by atoms with E-state index in [1.165, 1.54) is 12.1 Å². The fraction of sp³-hybridized carbons (Fsp3) is 0.364. The Kier molecular flexibility index (Phi) is 5.60. The van der Waals surface area contributed by atoms with Gasteiger partial charge < -0.3 is 4.90 Å². The molecular formula is C22H22BrFN2O2. The zero-order valence-electron chi connectivity index (χ0n) is 15.5. The first kappa shape index (κ1) is 19.3. The molecule has 4 nitrogen and oxygen atoms in total. The van der Waals surface area contributed by atoms with E-state index in [0.717, 1.165) is 48.1 Å². The summed E-state index contributed by atoms with van der Waals surface area (Å²) in [6, 6.07) is 11.6. The zero-order valence-corrected chi connectivity index (χ0v) is 17.1. The maximum absolute atomic E-state index is 13.0. The first-order valence-corrected chi connectivity index (χ1v) is 10.4. The van der Waals surface area contributed by atoms with E-state index in [-0.39, 0.29) is 17.5 Å². The Balaban J connectivity index is 1.27. The second-order valence-electron chi connectivity index (χ2n) is 7.64. The lowest BCUT2D eigenvalue weighted by Crippen LogP contribution is -2.40. The number of amides is 1. The maximum atomic E-state index is 13.0. The Morgan fingerprint density at radius 3 is 2.54 bits per heavy atom. The number of fused-ring (bicyclic) bond motifs is 1. The number of carbonyl (C=O) groups excluding carboxylic acids is 2. The lowest BCUT2D eigenvalue weighted by molar-refractivity contribution is 0.0707. The van der Waals surface area contributed by atoms with Gasteiger partial charge in [0, 0.05) is 28.7 Å². The van der Waals surface area contributed by atoms with Crippen molar-refractivity contribution in [3.05, 3.63) is 69.4 Å². The summed E-state index contributed by atoms with van der Waals surface area (Å²) in [7, 11) is 0. The highest BCUT2D eigenvalue weighted by Crippen LogP contribution is 2.28. The summed E-state index contributed by atoms with van der Waals surface area (Å²) < 4.78 is 14.0. The second-order valence-corrected chi connectivity index (χ2v) is 8.55. The first-order valence-electron chi connectivity index (χ1n) is 9.58. The molecular weight excluding hydrogens is 423 g/mol. The molecule has 0 bridgehead atoms. The van der Waals surface area contributed by atoms with Crippen molar-refractivity contribution in [2.75, 3.05) is 26.2 Å². The maximum Gasteiger partial charge on any atom is 0.254 e. The number of rotatable bonds is 5. The third-order valence-corrected chi connectivity index (χ3v) is 6.16. The molecule has 0 aliphatic carbocycles. The largest absolute Gasteiger partial charge is 0.334 e. The van der Waals surface area contributed by atoms with Gasteiger partial charge in [-0.25, -0.2) is 4.39 Å². The lowest BCUT2D eigenvalue weighted by atomic mass is 9.95. The van der Waals surface area contributed by atoms with Gasteiger partial charge in [0.2, 0.25) is 0 Å². The molecule has 1 fully saturated rings. The van der Waals surface area contributed by atoms with Crippen LogP contribution in [0.3, 0.4) is 0 Å². The normalized spacial score (nSPS) is 17.8. The quantitative estimate of drug-likeness (QED) is 0.650. The van der Waals surface area contributed by atoms with E-state index in [1.807, 2.05) is 23.1 Å². The van der Waals surface area contributed by atoms with Crippen LogP contribution in [0.5, 0.6) is 0 Å². The zero-order chi connectivity index (χ0) is 19.7. The van der Waals surface area contributed by atoms with Crippen molar-refractivity contribution in [3.8, 4) is 0 Å². The molecule has 2 aliphatic heterocycles. The molecule has 146 valence electrons. The number of nitrogens with zero attached hydrogens (tertiary/aromatic N) is 2. The van der Waals surface area contributed by atoms with Crippen LogP contribution in [0.25, 0.3) is 0 Å². The number of piperidine rings is 1. The van der Waals surface area contributed by atoms with Gasteiger partial charge in [-0.1, -0.05) is 15.9 Å². The average molecular weight is 445 g/mol. The third-order valence-electron chi connectivity index (χ3n) is 5.67. The topological polar surface area (TPSA) is 40.6 Å². The molecule has 0 spiro atoms. The van der Waals surface area contributed by atoms with Crippen molar-refractivity contribution in [2.45, 2.75) is 19.4 Å². The summed E-state index contributed by atoms with van der Waals surface area (Å²) in [4.78, 5) is 29.1. The fourth-order valence-electron chi connectivity index (χ4n) is 4.07. The molecule has 1 amide bonds. The summed E-state index contributed by atoms with van der Waals surface area (Å²) in [6.45, 7) is 3.50. The van der Waals surface area contributed by atoms with Gasteiger partial charge in [-0.05, 0) is 79.9 Å². The highest BCUT2D eigenvalue weighted by atomic mass is 79.9. The highest BCUT2D eigenvalue weighted by molar-refractivity contribution is 9.10.